The number of rotatable bonds is 4. The van der Waals surface area contributed by atoms with Crippen molar-refractivity contribution in [3.8, 4) is 0 Å². The first kappa shape index (κ1) is 16.9. The van der Waals surface area contributed by atoms with Gasteiger partial charge in [0.05, 0.1) is 10.7 Å². The molecule has 1 aliphatic carbocycles. The van der Waals surface area contributed by atoms with E-state index in [1.165, 1.54) is 34.0 Å². The van der Waals surface area contributed by atoms with Crippen LogP contribution >= 0.6 is 11.3 Å². The van der Waals surface area contributed by atoms with Gasteiger partial charge in [0.1, 0.15) is 5.82 Å². The van der Waals surface area contributed by atoms with Crippen molar-refractivity contribution < 1.29 is 0 Å². The number of likely N-dealkylation sites (N-methyl/N-ethyl adjacent to an activating group) is 1. The molecule has 2 aromatic heterocycles. The molecule has 0 amide bonds. The third kappa shape index (κ3) is 3.71. The molecule has 25 heavy (non-hydrogen) atoms. The molecule has 2 aliphatic rings. The summed E-state index contributed by atoms with van der Waals surface area (Å²) in [7, 11) is 2.19. The average molecular weight is 358 g/mol. The van der Waals surface area contributed by atoms with Crippen molar-refractivity contribution in [1.82, 2.24) is 20.2 Å². The average Bonchev–Trinajstić information content (AvgIpc) is 3.02. The molecule has 0 bridgehead atoms. The number of nitrogens with zero attached hydrogens (tertiary/aromatic N) is 4. The molecule has 0 spiro atoms. The molecule has 6 heteroatoms. The Labute approximate surface area is 154 Å². The maximum Gasteiger partial charge on any atom is 0.133 e. The molecule has 1 N–H and O–H groups in total. The SMILES string of the molecule is Cc1nc2c(s1)C(NCc1cccnc1N1CCN(C)CC1)CCC2. The van der Waals surface area contributed by atoms with Gasteiger partial charge >= 0.3 is 0 Å². The summed E-state index contributed by atoms with van der Waals surface area (Å²) in [4.78, 5) is 15.7. The van der Waals surface area contributed by atoms with E-state index in [0.717, 1.165) is 45.0 Å². The van der Waals surface area contributed by atoms with Crippen LogP contribution in [0, 0.1) is 6.92 Å². The first-order valence-corrected chi connectivity index (χ1v) is 10.1. The van der Waals surface area contributed by atoms with E-state index in [0.29, 0.717) is 6.04 Å². The minimum atomic E-state index is 0.440. The van der Waals surface area contributed by atoms with Gasteiger partial charge in [-0.15, -0.1) is 11.3 Å². The minimum Gasteiger partial charge on any atom is -0.354 e. The van der Waals surface area contributed by atoms with Crippen molar-refractivity contribution in [2.75, 3.05) is 38.1 Å². The van der Waals surface area contributed by atoms with E-state index < -0.39 is 0 Å². The summed E-state index contributed by atoms with van der Waals surface area (Å²) < 4.78 is 0. The molecule has 134 valence electrons. The highest BCUT2D eigenvalue weighted by Crippen LogP contribution is 2.34. The highest BCUT2D eigenvalue weighted by molar-refractivity contribution is 7.11. The zero-order chi connectivity index (χ0) is 17.2. The van der Waals surface area contributed by atoms with Gasteiger partial charge in [-0.1, -0.05) is 6.07 Å². The molecular weight excluding hydrogens is 330 g/mol. The lowest BCUT2D eigenvalue weighted by molar-refractivity contribution is 0.311. The second-order valence-electron chi connectivity index (χ2n) is 7.15. The van der Waals surface area contributed by atoms with Gasteiger partial charge in [-0.05, 0) is 39.3 Å². The van der Waals surface area contributed by atoms with E-state index in [-0.39, 0.29) is 0 Å². The Hall–Kier alpha value is -1.50. The molecule has 1 aliphatic heterocycles. The summed E-state index contributed by atoms with van der Waals surface area (Å²) in [5.74, 6) is 1.15. The van der Waals surface area contributed by atoms with Crippen LogP contribution in [0.1, 0.15) is 40.0 Å². The van der Waals surface area contributed by atoms with Crippen LogP contribution in [-0.4, -0.2) is 48.1 Å². The van der Waals surface area contributed by atoms with E-state index in [2.05, 4.69) is 41.2 Å². The Morgan fingerprint density at radius 1 is 1.28 bits per heavy atom. The highest BCUT2D eigenvalue weighted by atomic mass is 32.1. The van der Waals surface area contributed by atoms with Crippen LogP contribution in [0.4, 0.5) is 5.82 Å². The van der Waals surface area contributed by atoms with Crippen LogP contribution in [0.2, 0.25) is 0 Å². The van der Waals surface area contributed by atoms with Crippen molar-refractivity contribution in [3.63, 3.8) is 0 Å². The van der Waals surface area contributed by atoms with Crippen LogP contribution in [0.5, 0.6) is 0 Å². The fraction of sp³-hybridized carbons (Fsp3) is 0.579. The number of piperazine rings is 1. The highest BCUT2D eigenvalue weighted by Gasteiger charge is 2.24. The number of hydrogen-bond donors (Lipinski definition) is 1. The molecule has 0 saturated carbocycles. The molecule has 3 heterocycles. The van der Waals surface area contributed by atoms with Gasteiger partial charge in [-0.25, -0.2) is 9.97 Å². The molecule has 2 aromatic rings. The second kappa shape index (κ2) is 7.40. The molecular formula is C19H27N5S. The topological polar surface area (TPSA) is 44.3 Å². The Morgan fingerprint density at radius 3 is 2.96 bits per heavy atom. The number of hydrogen-bond acceptors (Lipinski definition) is 6. The summed E-state index contributed by atoms with van der Waals surface area (Å²) in [6.45, 7) is 7.32. The fourth-order valence-corrected chi connectivity index (χ4v) is 4.92. The Bertz CT molecular complexity index is 720. The second-order valence-corrected chi connectivity index (χ2v) is 8.38. The van der Waals surface area contributed by atoms with Gasteiger partial charge in [-0.2, -0.15) is 0 Å². The molecule has 1 unspecified atom stereocenters. The van der Waals surface area contributed by atoms with E-state index in [4.69, 9.17) is 9.97 Å². The summed E-state index contributed by atoms with van der Waals surface area (Å²) in [6, 6.07) is 4.71. The van der Waals surface area contributed by atoms with Crippen LogP contribution in [0.15, 0.2) is 18.3 Å². The van der Waals surface area contributed by atoms with Crippen LogP contribution in [-0.2, 0) is 13.0 Å². The third-order valence-corrected chi connectivity index (χ3v) is 6.39. The molecule has 4 rings (SSSR count). The maximum atomic E-state index is 4.71. The van der Waals surface area contributed by atoms with Crippen molar-refractivity contribution in [2.24, 2.45) is 0 Å². The maximum absolute atomic E-state index is 4.71. The standard InChI is InChI=1S/C19H27N5S/c1-14-22-17-7-3-6-16(18(17)25-14)21-13-15-5-4-8-20-19(15)24-11-9-23(2)10-12-24/h4-5,8,16,21H,3,6-7,9-13H2,1-2H3. The third-order valence-electron chi connectivity index (χ3n) is 5.27. The molecule has 1 fully saturated rings. The smallest absolute Gasteiger partial charge is 0.133 e. The predicted octanol–water partition coefficient (Wildman–Crippen LogP) is 2.77. The van der Waals surface area contributed by atoms with Gasteiger partial charge in [0.25, 0.3) is 0 Å². The summed E-state index contributed by atoms with van der Waals surface area (Å²) in [6.07, 6.45) is 5.49. The van der Waals surface area contributed by atoms with Crippen LogP contribution < -0.4 is 10.2 Å². The number of nitrogens with one attached hydrogen (secondary N) is 1. The zero-order valence-electron chi connectivity index (χ0n) is 15.2. The number of fused-ring (bicyclic) bond motifs is 1. The first-order valence-electron chi connectivity index (χ1n) is 9.27. The van der Waals surface area contributed by atoms with Gasteiger partial charge < -0.3 is 15.1 Å². The summed E-state index contributed by atoms with van der Waals surface area (Å²) in [5, 5.41) is 4.98. The summed E-state index contributed by atoms with van der Waals surface area (Å²) in [5.41, 5.74) is 2.62. The van der Waals surface area contributed by atoms with E-state index >= 15 is 0 Å². The van der Waals surface area contributed by atoms with E-state index in [1.54, 1.807) is 0 Å². The lowest BCUT2D eigenvalue weighted by Gasteiger charge is -2.34. The first-order chi connectivity index (χ1) is 12.2. The Kier molecular flexibility index (Phi) is 5.01. The number of aromatic nitrogens is 2. The molecule has 5 nitrogen and oxygen atoms in total. The molecule has 0 radical (unpaired) electrons. The van der Waals surface area contributed by atoms with Crippen LogP contribution in [0.25, 0.3) is 0 Å². The van der Waals surface area contributed by atoms with Crippen LogP contribution in [0.3, 0.4) is 0 Å². The predicted molar refractivity (Wildman–Crippen MR) is 103 cm³/mol. The lowest BCUT2D eigenvalue weighted by atomic mass is 9.98. The Balaban J connectivity index is 1.47. The molecule has 1 atom stereocenters. The van der Waals surface area contributed by atoms with Crippen molar-refractivity contribution in [3.05, 3.63) is 39.5 Å². The number of pyridine rings is 1. The monoisotopic (exact) mass is 357 g/mol. The van der Waals surface area contributed by atoms with Crippen molar-refractivity contribution in [2.45, 2.75) is 38.8 Å². The van der Waals surface area contributed by atoms with E-state index in [1.807, 2.05) is 17.5 Å². The molecule has 1 saturated heterocycles. The number of anilines is 1. The fourth-order valence-electron chi connectivity index (χ4n) is 3.84. The quantitative estimate of drug-likeness (QED) is 0.911. The minimum absolute atomic E-state index is 0.440. The Morgan fingerprint density at radius 2 is 2.12 bits per heavy atom. The molecule has 0 aromatic carbocycles. The van der Waals surface area contributed by atoms with Gasteiger partial charge in [0, 0.05) is 55.4 Å². The number of aryl methyl sites for hydroxylation is 2. The lowest BCUT2D eigenvalue weighted by Crippen LogP contribution is -2.45. The van der Waals surface area contributed by atoms with E-state index in [9.17, 15) is 0 Å². The largest absolute Gasteiger partial charge is 0.354 e. The number of thiazole rings is 1. The summed E-state index contributed by atoms with van der Waals surface area (Å²) >= 11 is 1.86. The van der Waals surface area contributed by atoms with Gasteiger partial charge in [0.2, 0.25) is 0 Å². The van der Waals surface area contributed by atoms with Gasteiger partial charge in [-0.3, -0.25) is 0 Å². The van der Waals surface area contributed by atoms with Crippen molar-refractivity contribution in [1.29, 1.82) is 0 Å². The normalized spacial score (nSPS) is 21.4. The van der Waals surface area contributed by atoms with Gasteiger partial charge in [0.15, 0.2) is 0 Å². The van der Waals surface area contributed by atoms with Crippen molar-refractivity contribution >= 4 is 17.2 Å². The zero-order valence-corrected chi connectivity index (χ0v) is 16.0.